The minimum atomic E-state index is 0.722. The maximum atomic E-state index is 4.47. The van der Waals surface area contributed by atoms with Gasteiger partial charge in [0.05, 0.1) is 5.69 Å². The second kappa shape index (κ2) is 9.73. The summed E-state index contributed by atoms with van der Waals surface area (Å²) < 4.78 is 1.92. The fourth-order valence-electron chi connectivity index (χ4n) is 3.79. The Morgan fingerprint density at radius 1 is 1.00 bits per heavy atom. The highest BCUT2D eigenvalue weighted by Gasteiger charge is 2.11. The molecular formula is C22H34N6. The third-order valence-electron chi connectivity index (χ3n) is 5.65. The monoisotopic (exact) mass is 382 g/mol. The summed E-state index contributed by atoms with van der Waals surface area (Å²) in [6.45, 7) is 9.17. The summed E-state index contributed by atoms with van der Waals surface area (Å²) in [7, 11) is 3.79. The van der Waals surface area contributed by atoms with Crippen LogP contribution >= 0.6 is 0 Å². The van der Waals surface area contributed by atoms with Gasteiger partial charge in [-0.3, -0.25) is 14.6 Å². The van der Waals surface area contributed by atoms with E-state index in [0.29, 0.717) is 0 Å². The molecule has 0 spiro atoms. The van der Waals surface area contributed by atoms with E-state index in [9.17, 15) is 0 Å². The maximum Gasteiger partial charge on any atom is 0.191 e. The number of aliphatic imine (C=N–C) groups is 1. The number of nitrogens with zero attached hydrogens (tertiary/aromatic N) is 4. The van der Waals surface area contributed by atoms with Crippen LogP contribution in [0, 0.1) is 13.8 Å². The molecule has 1 fully saturated rings. The lowest BCUT2D eigenvalue weighted by molar-refractivity contribution is 0.221. The van der Waals surface area contributed by atoms with E-state index in [4.69, 9.17) is 0 Å². The van der Waals surface area contributed by atoms with Crippen LogP contribution in [0.4, 0.5) is 0 Å². The molecule has 0 bridgehead atoms. The molecule has 0 atom stereocenters. The smallest absolute Gasteiger partial charge is 0.191 e. The number of aryl methyl sites for hydroxylation is 2. The largest absolute Gasteiger partial charge is 0.352 e. The summed E-state index contributed by atoms with van der Waals surface area (Å²) in [6, 6.07) is 8.94. The van der Waals surface area contributed by atoms with Crippen molar-refractivity contribution in [2.45, 2.75) is 52.7 Å². The average molecular weight is 383 g/mol. The SMILES string of the molecule is CN=C(NCc1ccc(CN2CCCCC2)cc1)NCc1c(C)nn(C)c1C. The molecule has 1 saturated heterocycles. The molecule has 0 unspecified atom stereocenters. The predicted molar refractivity (Wildman–Crippen MR) is 115 cm³/mol. The van der Waals surface area contributed by atoms with Gasteiger partial charge in [0, 0.05) is 45.0 Å². The molecule has 3 rings (SSSR count). The Morgan fingerprint density at radius 2 is 1.64 bits per heavy atom. The van der Waals surface area contributed by atoms with E-state index >= 15 is 0 Å². The van der Waals surface area contributed by atoms with E-state index in [1.807, 2.05) is 18.7 Å². The quantitative estimate of drug-likeness (QED) is 0.596. The lowest BCUT2D eigenvalue weighted by Crippen LogP contribution is -2.36. The first-order valence-corrected chi connectivity index (χ1v) is 10.3. The number of piperidine rings is 1. The first kappa shape index (κ1) is 20.4. The van der Waals surface area contributed by atoms with E-state index < -0.39 is 0 Å². The topological polar surface area (TPSA) is 57.5 Å². The Hall–Kier alpha value is -2.34. The van der Waals surface area contributed by atoms with Gasteiger partial charge < -0.3 is 10.6 Å². The van der Waals surface area contributed by atoms with Crippen LogP contribution < -0.4 is 10.6 Å². The lowest BCUT2D eigenvalue weighted by atomic mass is 10.1. The van der Waals surface area contributed by atoms with Gasteiger partial charge in [0.15, 0.2) is 5.96 Å². The molecule has 1 aliphatic heterocycles. The average Bonchev–Trinajstić information content (AvgIpc) is 2.95. The van der Waals surface area contributed by atoms with Crippen molar-refractivity contribution in [1.82, 2.24) is 25.3 Å². The molecule has 6 nitrogen and oxygen atoms in total. The van der Waals surface area contributed by atoms with E-state index in [1.165, 1.54) is 54.7 Å². The Bertz CT molecular complexity index is 784. The van der Waals surface area contributed by atoms with E-state index in [-0.39, 0.29) is 0 Å². The van der Waals surface area contributed by atoms with Crippen molar-refractivity contribution in [2.24, 2.45) is 12.0 Å². The zero-order valence-electron chi connectivity index (χ0n) is 17.8. The van der Waals surface area contributed by atoms with Crippen molar-refractivity contribution in [3.05, 3.63) is 52.3 Å². The third-order valence-corrected chi connectivity index (χ3v) is 5.65. The fraction of sp³-hybridized carbons (Fsp3) is 0.545. The second-order valence-electron chi connectivity index (χ2n) is 7.71. The van der Waals surface area contributed by atoms with Crippen LogP contribution in [0.5, 0.6) is 0 Å². The number of benzene rings is 1. The van der Waals surface area contributed by atoms with Gasteiger partial charge in [0.1, 0.15) is 0 Å². The molecule has 0 amide bonds. The standard InChI is InChI=1S/C22H34N6/c1-17-21(18(2)27(4)26-17)15-25-22(23-3)24-14-19-8-10-20(11-9-19)16-28-12-6-5-7-13-28/h8-11H,5-7,12-16H2,1-4H3,(H2,23,24,25). The van der Waals surface area contributed by atoms with E-state index in [1.54, 1.807) is 7.05 Å². The number of aromatic nitrogens is 2. The van der Waals surface area contributed by atoms with Crippen molar-refractivity contribution in [3.63, 3.8) is 0 Å². The van der Waals surface area contributed by atoms with Crippen LogP contribution in [0.3, 0.4) is 0 Å². The van der Waals surface area contributed by atoms with Gasteiger partial charge in [-0.2, -0.15) is 5.10 Å². The van der Waals surface area contributed by atoms with Crippen LogP contribution in [0.15, 0.2) is 29.3 Å². The first-order chi connectivity index (χ1) is 13.6. The summed E-state index contributed by atoms with van der Waals surface area (Å²) in [5.41, 5.74) is 6.14. The van der Waals surface area contributed by atoms with Gasteiger partial charge in [-0.05, 0) is 50.9 Å². The highest BCUT2D eigenvalue weighted by molar-refractivity contribution is 5.79. The third kappa shape index (κ3) is 5.35. The second-order valence-corrected chi connectivity index (χ2v) is 7.71. The zero-order chi connectivity index (χ0) is 19.9. The van der Waals surface area contributed by atoms with Crippen LogP contribution in [-0.2, 0) is 26.7 Å². The van der Waals surface area contributed by atoms with Crippen molar-refractivity contribution in [3.8, 4) is 0 Å². The zero-order valence-corrected chi connectivity index (χ0v) is 17.8. The number of guanidine groups is 1. The van der Waals surface area contributed by atoms with E-state index in [2.05, 4.69) is 56.8 Å². The Kier molecular flexibility index (Phi) is 7.09. The first-order valence-electron chi connectivity index (χ1n) is 10.3. The van der Waals surface area contributed by atoms with Crippen molar-refractivity contribution >= 4 is 5.96 Å². The number of hydrogen-bond acceptors (Lipinski definition) is 3. The summed E-state index contributed by atoms with van der Waals surface area (Å²) in [5, 5.41) is 11.3. The molecule has 2 heterocycles. The molecule has 1 aromatic carbocycles. The van der Waals surface area contributed by atoms with Crippen molar-refractivity contribution in [2.75, 3.05) is 20.1 Å². The van der Waals surface area contributed by atoms with Crippen LogP contribution in [0.1, 0.15) is 47.3 Å². The summed E-state index contributed by atoms with van der Waals surface area (Å²) in [4.78, 5) is 6.90. The van der Waals surface area contributed by atoms with Gasteiger partial charge in [-0.1, -0.05) is 30.7 Å². The normalized spacial score (nSPS) is 15.6. The van der Waals surface area contributed by atoms with Crippen LogP contribution in [0.2, 0.25) is 0 Å². The Balaban J connectivity index is 1.48. The molecule has 0 saturated carbocycles. The predicted octanol–water partition coefficient (Wildman–Crippen LogP) is 2.89. The van der Waals surface area contributed by atoms with Crippen LogP contribution in [0.25, 0.3) is 0 Å². The van der Waals surface area contributed by atoms with Gasteiger partial charge in [-0.25, -0.2) is 0 Å². The lowest BCUT2D eigenvalue weighted by Gasteiger charge is -2.26. The number of likely N-dealkylation sites (tertiary alicyclic amines) is 1. The molecular weight excluding hydrogens is 348 g/mol. The molecule has 152 valence electrons. The van der Waals surface area contributed by atoms with Gasteiger partial charge in [0.2, 0.25) is 0 Å². The molecule has 0 radical (unpaired) electrons. The minimum Gasteiger partial charge on any atom is -0.352 e. The van der Waals surface area contributed by atoms with E-state index in [0.717, 1.165) is 31.3 Å². The van der Waals surface area contributed by atoms with Gasteiger partial charge >= 0.3 is 0 Å². The Labute approximate surface area is 169 Å². The van der Waals surface area contributed by atoms with Gasteiger partial charge in [0.25, 0.3) is 0 Å². The number of hydrogen-bond donors (Lipinski definition) is 2. The highest BCUT2D eigenvalue weighted by Crippen LogP contribution is 2.14. The molecule has 2 aromatic rings. The molecule has 28 heavy (non-hydrogen) atoms. The maximum absolute atomic E-state index is 4.47. The molecule has 6 heteroatoms. The Morgan fingerprint density at radius 3 is 2.25 bits per heavy atom. The molecule has 1 aromatic heterocycles. The fourth-order valence-corrected chi connectivity index (χ4v) is 3.79. The molecule has 0 aliphatic carbocycles. The van der Waals surface area contributed by atoms with Crippen molar-refractivity contribution in [1.29, 1.82) is 0 Å². The van der Waals surface area contributed by atoms with Crippen molar-refractivity contribution < 1.29 is 0 Å². The minimum absolute atomic E-state index is 0.722. The highest BCUT2D eigenvalue weighted by atomic mass is 15.3. The molecule has 1 aliphatic rings. The summed E-state index contributed by atoms with van der Waals surface area (Å²) in [6.07, 6.45) is 4.06. The molecule has 2 N–H and O–H groups in total. The van der Waals surface area contributed by atoms with Gasteiger partial charge in [-0.15, -0.1) is 0 Å². The number of nitrogens with one attached hydrogen (secondary N) is 2. The van der Waals surface area contributed by atoms with Crippen LogP contribution in [-0.4, -0.2) is 40.8 Å². The summed E-state index contributed by atoms with van der Waals surface area (Å²) >= 11 is 0. The number of rotatable bonds is 6. The summed E-state index contributed by atoms with van der Waals surface area (Å²) in [5.74, 6) is 0.806.